The maximum atomic E-state index is 12.9. The van der Waals surface area contributed by atoms with Gasteiger partial charge in [-0.05, 0) is 19.1 Å². The summed E-state index contributed by atoms with van der Waals surface area (Å²) in [4.78, 5) is 11.1. The SMILES string of the molecule is CC(NC(=O)C(F)(F)C(F)F)c1nnc2ccccn12. The number of hydrogen-bond acceptors (Lipinski definition) is 3. The lowest BCUT2D eigenvalue weighted by atomic mass is 10.2. The first kappa shape index (κ1) is 14.2. The third-order valence-electron chi connectivity index (χ3n) is 2.65. The molecule has 1 atom stereocenters. The van der Waals surface area contributed by atoms with E-state index in [9.17, 15) is 22.4 Å². The van der Waals surface area contributed by atoms with E-state index in [2.05, 4.69) is 10.2 Å². The highest BCUT2D eigenvalue weighted by Gasteiger charge is 2.49. The van der Waals surface area contributed by atoms with Gasteiger partial charge in [0.15, 0.2) is 11.5 Å². The van der Waals surface area contributed by atoms with E-state index in [1.807, 2.05) is 0 Å². The van der Waals surface area contributed by atoms with E-state index in [-0.39, 0.29) is 5.82 Å². The van der Waals surface area contributed by atoms with Crippen LogP contribution in [0.25, 0.3) is 5.65 Å². The topological polar surface area (TPSA) is 59.3 Å². The molecule has 0 radical (unpaired) electrons. The zero-order valence-electron chi connectivity index (χ0n) is 10.2. The molecule has 2 heterocycles. The van der Waals surface area contributed by atoms with Crippen molar-refractivity contribution in [3.63, 3.8) is 0 Å². The van der Waals surface area contributed by atoms with E-state index in [1.54, 1.807) is 29.7 Å². The summed E-state index contributed by atoms with van der Waals surface area (Å²) < 4.78 is 51.3. The molecule has 9 heteroatoms. The molecule has 1 amide bonds. The molecule has 0 aliphatic carbocycles. The molecule has 20 heavy (non-hydrogen) atoms. The average molecular weight is 290 g/mol. The van der Waals surface area contributed by atoms with Crippen molar-refractivity contribution in [3.8, 4) is 0 Å². The van der Waals surface area contributed by atoms with Gasteiger partial charge in [0.2, 0.25) is 0 Å². The molecule has 5 nitrogen and oxygen atoms in total. The van der Waals surface area contributed by atoms with Crippen molar-refractivity contribution in [1.29, 1.82) is 0 Å². The van der Waals surface area contributed by atoms with Crippen molar-refractivity contribution in [2.24, 2.45) is 0 Å². The van der Waals surface area contributed by atoms with Crippen molar-refractivity contribution < 1.29 is 22.4 Å². The van der Waals surface area contributed by atoms with E-state index in [0.717, 1.165) is 0 Å². The third kappa shape index (κ3) is 2.43. The zero-order chi connectivity index (χ0) is 14.9. The second-order valence-electron chi connectivity index (χ2n) is 4.11. The molecule has 0 aliphatic heterocycles. The number of nitrogens with one attached hydrogen (secondary N) is 1. The summed E-state index contributed by atoms with van der Waals surface area (Å²) in [7, 11) is 0. The van der Waals surface area contributed by atoms with Crippen LogP contribution < -0.4 is 5.32 Å². The minimum Gasteiger partial charge on any atom is -0.341 e. The Hall–Kier alpha value is -2.19. The van der Waals surface area contributed by atoms with Crippen molar-refractivity contribution in [2.45, 2.75) is 25.3 Å². The number of pyridine rings is 1. The molecule has 0 bridgehead atoms. The highest BCUT2D eigenvalue weighted by atomic mass is 19.3. The van der Waals surface area contributed by atoms with Crippen molar-refractivity contribution in [1.82, 2.24) is 19.9 Å². The molecule has 1 N–H and O–H groups in total. The number of carbonyl (C=O) groups excluding carboxylic acids is 1. The van der Waals surface area contributed by atoms with Crippen LogP contribution >= 0.6 is 0 Å². The lowest BCUT2D eigenvalue weighted by Gasteiger charge is -2.18. The monoisotopic (exact) mass is 290 g/mol. The molecule has 108 valence electrons. The van der Waals surface area contributed by atoms with E-state index in [1.165, 1.54) is 11.3 Å². The van der Waals surface area contributed by atoms with E-state index in [0.29, 0.717) is 5.65 Å². The van der Waals surface area contributed by atoms with Gasteiger partial charge in [0.1, 0.15) is 0 Å². The lowest BCUT2D eigenvalue weighted by Crippen LogP contribution is -2.46. The van der Waals surface area contributed by atoms with Gasteiger partial charge in [0, 0.05) is 6.20 Å². The fourth-order valence-electron chi connectivity index (χ4n) is 1.61. The van der Waals surface area contributed by atoms with Crippen LogP contribution in [0.2, 0.25) is 0 Å². The van der Waals surface area contributed by atoms with Crippen LogP contribution in [-0.2, 0) is 4.79 Å². The van der Waals surface area contributed by atoms with Crippen LogP contribution in [0.4, 0.5) is 17.6 Å². The quantitative estimate of drug-likeness (QED) is 0.874. The minimum absolute atomic E-state index is 0.166. The van der Waals surface area contributed by atoms with Gasteiger partial charge < -0.3 is 5.32 Å². The number of aromatic nitrogens is 3. The predicted molar refractivity (Wildman–Crippen MR) is 60.5 cm³/mol. The van der Waals surface area contributed by atoms with E-state index in [4.69, 9.17) is 0 Å². The van der Waals surface area contributed by atoms with Gasteiger partial charge in [-0.2, -0.15) is 8.78 Å². The van der Waals surface area contributed by atoms with E-state index < -0.39 is 24.3 Å². The normalized spacial score (nSPS) is 13.7. The minimum atomic E-state index is -4.74. The van der Waals surface area contributed by atoms with Crippen LogP contribution in [0.3, 0.4) is 0 Å². The Morgan fingerprint density at radius 2 is 2.05 bits per heavy atom. The van der Waals surface area contributed by atoms with Crippen molar-refractivity contribution in [3.05, 3.63) is 30.2 Å². The fourth-order valence-corrected chi connectivity index (χ4v) is 1.61. The Labute approximate surface area is 110 Å². The summed E-state index contributed by atoms with van der Waals surface area (Å²) in [5.41, 5.74) is 0.448. The molecule has 0 saturated heterocycles. The van der Waals surface area contributed by atoms with Gasteiger partial charge in [0.25, 0.3) is 5.91 Å². The Balaban J connectivity index is 2.20. The molecular weight excluding hydrogens is 280 g/mol. The summed E-state index contributed by atoms with van der Waals surface area (Å²) in [6.45, 7) is 1.35. The predicted octanol–water partition coefficient (Wildman–Crippen LogP) is 1.81. The largest absolute Gasteiger partial charge is 0.383 e. The number of alkyl halides is 4. The molecule has 2 aromatic rings. The van der Waals surface area contributed by atoms with Gasteiger partial charge >= 0.3 is 12.3 Å². The molecular formula is C11H10F4N4O. The Kier molecular flexibility index (Phi) is 3.60. The van der Waals surface area contributed by atoms with Gasteiger partial charge in [-0.3, -0.25) is 9.20 Å². The Bertz CT molecular complexity index is 628. The summed E-state index contributed by atoms with van der Waals surface area (Å²) in [5, 5.41) is 9.32. The second-order valence-corrected chi connectivity index (χ2v) is 4.11. The maximum absolute atomic E-state index is 12.9. The number of hydrogen-bond donors (Lipinski definition) is 1. The van der Waals surface area contributed by atoms with E-state index >= 15 is 0 Å². The molecule has 0 spiro atoms. The molecule has 0 saturated carbocycles. The Morgan fingerprint density at radius 1 is 1.35 bits per heavy atom. The molecule has 2 rings (SSSR count). The number of rotatable bonds is 4. The first-order chi connectivity index (χ1) is 9.34. The molecule has 2 aromatic heterocycles. The number of fused-ring (bicyclic) bond motifs is 1. The first-order valence-electron chi connectivity index (χ1n) is 5.60. The van der Waals surface area contributed by atoms with Crippen LogP contribution in [-0.4, -0.2) is 32.9 Å². The fraction of sp³-hybridized carbons (Fsp3) is 0.364. The molecule has 0 aliphatic rings. The maximum Gasteiger partial charge on any atom is 0.383 e. The van der Waals surface area contributed by atoms with Gasteiger partial charge in [-0.1, -0.05) is 6.07 Å². The third-order valence-corrected chi connectivity index (χ3v) is 2.65. The van der Waals surface area contributed by atoms with Gasteiger partial charge in [-0.15, -0.1) is 10.2 Å². The Morgan fingerprint density at radius 3 is 2.70 bits per heavy atom. The molecule has 0 aromatic carbocycles. The van der Waals surface area contributed by atoms with Crippen molar-refractivity contribution in [2.75, 3.05) is 0 Å². The van der Waals surface area contributed by atoms with Gasteiger partial charge in [-0.25, -0.2) is 8.78 Å². The summed E-state index contributed by atoms with van der Waals surface area (Å²) >= 11 is 0. The average Bonchev–Trinajstić information content (AvgIpc) is 2.82. The number of carbonyl (C=O) groups is 1. The highest BCUT2D eigenvalue weighted by Crippen LogP contribution is 2.24. The molecule has 0 fully saturated rings. The number of halogens is 4. The van der Waals surface area contributed by atoms with Crippen LogP contribution in [0.15, 0.2) is 24.4 Å². The smallest absolute Gasteiger partial charge is 0.341 e. The first-order valence-corrected chi connectivity index (χ1v) is 5.60. The lowest BCUT2D eigenvalue weighted by molar-refractivity contribution is -0.170. The number of nitrogens with zero attached hydrogens (tertiary/aromatic N) is 3. The summed E-state index contributed by atoms with van der Waals surface area (Å²) in [6, 6.07) is 3.98. The van der Waals surface area contributed by atoms with Gasteiger partial charge in [0.05, 0.1) is 6.04 Å². The van der Waals surface area contributed by atoms with Crippen LogP contribution in [0.5, 0.6) is 0 Å². The van der Waals surface area contributed by atoms with Crippen molar-refractivity contribution >= 4 is 11.6 Å². The standard InChI is InChI=1S/C11H10F4N4O/c1-6(16-10(20)11(14,15)9(12)13)8-18-17-7-4-2-3-5-19(7)8/h2-6,9H,1H3,(H,16,20). The van der Waals surface area contributed by atoms with Crippen LogP contribution in [0, 0.1) is 0 Å². The number of amides is 1. The summed E-state index contributed by atoms with van der Waals surface area (Å²) in [6.07, 6.45) is -2.50. The van der Waals surface area contributed by atoms with Crippen LogP contribution in [0.1, 0.15) is 18.8 Å². The second kappa shape index (κ2) is 5.06. The zero-order valence-corrected chi connectivity index (χ0v) is 10.2. The highest BCUT2D eigenvalue weighted by molar-refractivity contribution is 5.84. The molecule has 1 unspecified atom stereocenters. The summed E-state index contributed by atoms with van der Waals surface area (Å²) in [5.74, 6) is -6.62.